The fourth-order valence-electron chi connectivity index (χ4n) is 4.33. The van der Waals surface area contributed by atoms with Gasteiger partial charge in [0.25, 0.3) is 0 Å². The Bertz CT molecular complexity index is 694. The van der Waals surface area contributed by atoms with E-state index in [1.807, 2.05) is 27.0 Å². The molecule has 3 rings (SSSR count). The topological polar surface area (TPSA) is 55.8 Å². The Morgan fingerprint density at radius 3 is 2.74 bits per heavy atom. The largest absolute Gasteiger partial charge is 0.493 e. The summed E-state index contributed by atoms with van der Waals surface area (Å²) in [5, 5.41) is 0. The molecule has 0 aromatic heterocycles. The first-order valence-corrected chi connectivity index (χ1v) is 10.1. The molecule has 1 atom stereocenters. The zero-order valence-corrected chi connectivity index (χ0v) is 16.8. The van der Waals surface area contributed by atoms with Crippen LogP contribution in [0.2, 0.25) is 0 Å². The first-order valence-electron chi connectivity index (χ1n) is 10.1. The average Bonchev–Trinajstić information content (AvgIpc) is 2.96. The summed E-state index contributed by atoms with van der Waals surface area (Å²) in [7, 11) is 1.82. The number of nitrogens with zero attached hydrogens (tertiary/aromatic N) is 1. The van der Waals surface area contributed by atoms with Crippen molar-refractivity contribution in [1.29, 1.82) is 0 Å². The number of ether oxygens (including phenoxy) is 2. The molecule has 2 aliphatic rings. The van der Waals surface area contributed by atoms with E-state index in [1.165, 1.54) is 5.56 Å². The summed E-state index contributed by atoms with van der Waals surface area (Å²) in [5.41, 5.74) is 1.74. The van der Waals surface area contributed by atoms with Crippen LogP contribution in [0.4, 0.5) is 0 Å². The Balaban J connectivity index is 1.51. The number of amides is 1. The predicted octanol–water partition coefficient (Wildman–Crippen LogP) is 3.80. The van der Waals surface area contributed by atoms with Crippen molar-refractivity contribution in [2.45, 2.75) is 64.4 Å². The SMILES string of the molecule is Cc1ccc(C)c(OCCCN(C)C(=O)[C@H]2CC(=O)OC23CCCCC3)c1. The summed E-state index contributed by atoms with van der Waals surface area (Å²) in [4.78, 5) is 26.6. The number of esters is 1. The third-order valence-electron chi connectivity index (χ3n) is 5.94. The van der Waals surface area contributed by atoms with Gasteiger partial charge in [-0.05, 0) is 63.1 Å². The first-order chi connectivity index (χ1) is 12.9. The molecule has 1 spiro atoms. The smallest absolute Gasteiger partial charge is 0.307 e. The molecule has 1 saturated heterocycles. The van der Waals surface area contributed by atoms with Crippen LogP contribution in [-0.4, -0.2) is 42.6 Å². The molecule has 0 unspecified atom stereocenters. The normalized spacial score (nSPS) is 21.1. The van der Waals surface area contributed by atoms with Gasteiger partial charge in [-0.25, -0.2) is 0 Å². The molecule has 5 heteroatoms. The minimum atomic E-state index is -0.546. The number of hydrogen-bond acceptors (Lipinski definition) is 4. The fraction of sp³-hybridized carbons (Fsp3) is 0.636. The van der Waals surface area contributed by atoms with Crippen LogP contribution in [0.1, 0.15) is 56.1 Å². The second kappa shape index (κ2) is 8.32. The molecule has 1 heterocycles. The van der Waals surface area contributed by atoms with Crippen LogP contribution in [0.15, 0.2) is 18.2 Å². The zero-order valence-electron chi connectivity index (χ0n) is 16.8. The number of aryl methyl sites for hydroxylation is 2. The Hall–Kier alpha value is -2.04. The van der Waals surface area contributed by atoms with Crippen LogP contribution < -0.4 is 4.74 Å². The van der Waals surface area contributed by atoms with Crippen molar-refractivity contribution in [2.24, 2.45) is 5.92 Å². The number of carbonyl (C=O) groups excluding carboxylic acids is 2. The lowest BCUT2D eigenvalue weighted by atomic mass is 9.75. The van der Waals surface area contributed by atoms with Gasteiger partial charge in [-0.1, -0.05) is 18.6 Å². The number of benzene rings is 1. The van der Waals surface area contributed by atoms with Gasteiger partial charge in [0.2, 0.25) is 5.91 Å². The van der Waals surface area contributed by atoms with E-state index in [1.54, 1.807) is 4.90 Å². The van der Waals surface area contributed by atoms with E-state index in [4.69, 9.17) is 9.47 Å². The molecular weight excluding hydrogens is 342 g/mol. The summed E-state index contributed by atoms with van der Waals surface area (Å²) >= 11 is 0. The van der Waals surface area contributed by atoms with E-state index in [-0.39, 0.29) is 24.2 Å². The van der Waals surface area contributed by atoms with Gasteiger partial charge < -0.3 is 14.4 Å². The molecule has 1 amide bonds. The minimum Gasteiger partial charge on any atom is -0.493 e. The Kier molecular flexibility index (Phi) is 6.08. The second-order valence-corrected chi connectivity index (χ2v) is 8.09. The summed E-state index contributed by atoms with van der Waals surface area (Å²) in [6, 6.07) is 6.17. The molecule has 27 heavy (non-hydrogen) atoms. The van der Waals surface area contributed by atoms with Crippen LogP contribution in [0.25, 0.3) is 0 Å². The van der Waals surface area contributed by atoms with E-state index in [2.05, 4.69) is 12.1 Å². The third-order valence-corrected chi connectivity index (χ3v) is 5.94. The summed E-state index contributed by atoms with van der Waals surface area (Å²) in [5.74, 6) is 0.395. The van der Waals surface area contributed by atoms with E-state index in [0.29, 0.717) is 13.2 Å². The third kappa shape index (κ3) is 4.45. The van der Waals surface area contributed by atoms with Gasteiger partial charge in [0, 0.05) is 13.6 Å². The van der Waals surface area contributed by atoms with Crippen LogP contribution in [0, 0.1) is 19.8 Å². The summed E-state index contributed by atoms with van der Waals surface area (Å²) < 4.78 is 11.6. The van der Waals surface area contributed by atoms with Crippen molar-refractivity contribution >= 4 is 11.9 Å². The highest BCUT2D eigenvalue weighted by Crippen LogP contribution is 2.44. The standard InChI is InChI=1S/C22H31NO4/c1-16-8-9-17(2)19(14-16)26-13-7-12-23(3)21(25)18-15-20(24)27-22(18)10-5-4-6-11-22/h8-9,14,18H,4-7,10-13,15H2,1-3H3/t18-/m1/s1. The lowest BCUT2D eigenvalue weighted by Crippen LogP contribution is -2.46. The van der Waals surface area contributed by atoms with Gasteiger partial charge in [-0.3, -0.25) is 9.59 Å². The molecule has 1 aliphatic carbocycles. The molecule has 5 nitrogen and oxygen atoms in total. The van der Waals surface area contributed by atoms with Gasteiger partial charge in [0.05, 0.1) is 18.9 Å². The van der Waals surface area contributed by atoms with Crippen molar-refractivity contribution in [3.05, 3.63) is 29.3 Å². The summed E-state index contributed by atoms with van der Waals surface area (Å²) in [6.07, 6.45) is 5.84. The Labute approximate surface area is 162 Å². The van der Waals surface area contributed by atoms with Crippen LogP contribution in [0.5, 0.6) is 5.75 Å². The van der Waals surface area contributed by atoms with E-state index in [9.17, 15) is 9.59 Å². The predicted molar refractivity (Wildman–Crippen MR) is 104 cm³/mol. The van der Waals surface area contributed by atoms with Gasteiger partial charge >= 0.3 is 5.97 Å². The molecule has 1 aromatic rings. The maximum atomic E-state index is 13.0. The highest BCUT2D eigenvalue weighted by Gasteiger charge is 2.53. The highest BCUT2D eigenvalue weighted by molar-refractivity contribution is 5.87. The zero-order chi connectivity index (χ0) is 19.4. The fourth-order valence-corrected chi connectivity index (χ4v) is 4.33. The molecule has 0 N–H and O–H groups in total. The number of carbonyl (C=O) groups is 2. The molecule has 2 fully saturated rings. The molecule has 0 radical (unpaired) electrons. The molecule has 0 bridgehead atoms. The van der Waals surface area contributed by atoms with Gasteiger partial charge in [-0.2, -0.15) is 0 Å². The van der Waals surface area contributed by atoms with Gasteiger partial charge in [0.1, 0.15) is 11.4 Å². The molecule has 1 saturated carbocycles. The number of rotatable bonds is 6. The molecular formula is C22H31NO4. The van der Waals surface area contributed by atoms with Crippen LogP contribution in [-0.2, 0) is 14.3 Å². The maximum absolute atomic E-state index is 13.0. The first kappa shape index (κ1) is 19.7. The van der Waals surface area contributed by atoms with Crippen LogP contribution in [0.3, 0.4) is 0 Å². The van der Waals surface area contributed by atoms with Crippen molar-refractivity contribution in [1.82, 2.24) is 4.90 Å². The average molecular weight is 373 g/mol. The Morgan fingerprint density at radius 1 is 1.26 bits per heavy atom. The van der Waals surface area contributed by atoms with Gasteiger partial charge in [-0.15, -0.1) is 0 Å². The minimum absolute atomic E-state index is 0.0366. The van der Waals surface area contributed by atoms with Crippen molar-refractivity contribution in [3.63, 3.8) is 0 Å². The lowest BCUT2D eigenvalue weighted by molar-refractivity contribution is -0.155. The van der Waals surface area contributed by atoms with E-state index < -0.39 is 5.60 Å². The lowest BCUT2D eigenvalue weighted by Gasteiger charge is -2.37. The second-order valence-electron chi connectivity index (χ2n) is 8.09. The molecule has 1 aromatic carbocycles. The monoisotopic (exact) mass is 373 g/mol. The molecule has 1 aliphatic heterocycles. The van der Waals surface area contributed by atoms with Crippen molar-refractivity contribution in [3.8, 4) is 5.75 Å². The summed E-state index contributed by atoms with van der Waals surface area (Å²) in [6.45, 7) is 5.26. The quantitative estimate of drug-likeness (QED) is 0.562. The van der Waals surface area contributed by atoms with Crippen LogP contribution >= 0.6 is 0 Å². The number of hydrogen-bond donors (Lipinski definition) is 0. The maximum Gasteiger partial charge on any atom is 0.307 e. The highest BCUT2D eigenvalue weighted by atomic mass is 16.6. The molecule has 148 valence electrons. The van der Waals surface area contributed by atoms with Crippen molar-refractivity contribution < 1.29 is 19.1 Å². The van der Waals surface area contributed by atoms with Gasteiger partial charge in [0.15, 0.2) is 0 Å². The Morgan fingerprint density at radius 2 is 2.00 bits per heavy atom. The van der Waals surface area contributed by atoms with Crippen molar-refractivity contribution in [2.75, 3.05) is 20.2 Å². The van der Waals surface area contributed by atoms with E-state index in [0.717, 1.165) is 49.8 Å². The van der Waals surface area contributed by atoms with E-state index >= 15 is 0 Å².